The second-order valence-electron chi connectivity index (χ2n) is 2.52. The van der Waals surface area contributed by atoms with Gasteiger partial charge in [0.2, 0.25) is 0 Å². The molecule has 1 heterocycles. The fourth-order valence-corrected chi connectivity index (χ4v) is 4.30. The van der Waals surface area contributed by atoms with Gasteiger partial charge in [-0.1, -0.05) is 0 Å². The van der Waals surface area contributed by atoms with Gasteiger partial charge in [0, 0.05) is 0 Å². The zero-order chi connectivity index (χ0) is 7.94. The Morgan fingerprint density at radius 2 is 2.45 bits per heavy atom. The predicted molar refractivity (Wildman–Crippen MR) is 49.3 cm³/mol. The van der Waals surface area contributed by atoms with Crippen molar-refractivity contribution in [1.29, 1.82) is 0 Å². The minimum absolute atomic E-state index is 0.246. The summed E-state index contributed by atoms with van der Waals surface area (Å²) in [5.41, 5.74) is 0. The first kappa shape index (κ1) is 9.04. The van der Waals surface area contributed by atoms with E-state index in [4.69, 9.17) is 0 Å². The Morgan fingerprint density at radius 1 is 1.55 bits per heavy atom. The van der Waals surface area contributed by atoms with Crippen LogP contribution in [0.1, 0.15) is 19.8 Å². The summed E-state index contributed by atoms with van der Waals surface area (Å²) in [4.78, 5) is 4.11. The van der Waals surface area contributed by atoms with Crippen LogP contribution in [0, 0.1) is 0 Å². The summed E-state index contributed by atoms with van der Waals surface area (Å²) in [5, 5.41) is 0. The Labute approximate surface area is 78.5 Å². The molecular formula is C9H13NSn. The van der Waals surface area contributed by atoms with Crippen molar-refractivity contribution in [3.63, 3.8) is 0 Å². The number of aromatic nitrogens is 1. The first-order valence-electron chi connectivity index (χ1n) is 4.07. The van der Waals surface area contributed by atoms with Crippen LogP contribution in [0.3, 0.4) is 0 Å². The summed E-state index contributed by atoms with van der Waals surface area (Å²) in [6.07, 6.45) is 6.62. The first-order chi connectivity index (χ1) is 5.43. The van der Waals surface area contributed by atoms with Crippen molar-refractivity contribution in [2.45, 2.75) is 24.2 Å². The van der Waals surface area contributed by atoms with Gasteiger partial charge in [0.25, 0.3) is 0 Å². The second kappa shape index (κ2) is 5.58. The Balaban J connectivity index is 2.28. The molecule has 0 aliphatic carbocycles. The fraction of sp³-hybridized carbons (Fsp3) is 0.444. The minimum atomic E-state index is -0.246. The molecule has 0 aliphatic heterocycles. The zero-order valence-corrected chi connectivity index (χ0v) is 9.73. The number of hydrogen-bond donors (Lipinski definition) is 0. The molecule has 1 nitrogen and oxygen atoms in total. The molecule has 0 N–H and O–H groups in total. The van der Waals surface area contributed by atoms with Crippen LogP contribution >= 0.6 is 0 Å². The van der Waals surface area contributed by atoms with E-state index in [2.05, 4.69) is 18.0 Å². The Hall–Kier alpha value is -0.0513. The van der Waals surface area contributed by atoms with Gasteiger partial charge in [-0.15, -0.1) is 0 Å². The summed E-state index contributed by atoms with van der Waals surface area (Å²) < 4.78 is 3.00. The Bertz CT molecular complexity index is 186. The average molecular weight is 254 g/mol. The van der Waals surface area contributed by atoms with E-state index in [9.17, 15) is 0 Å². The van der Waals surface area contributed by atoms with Crippen LogP contribution in [-0.2, 0) is 0 Å². The van der Waals surface area contributed by atoms with Gasteiger partial charge in [0.15, 0.2) is 0 Å². The van der Waals surface area contributed by atoms with E-state index < -0.39 is 0 Å². The van der Waals surface area contributed by atoms with E-state index in [1.54, 1.807) is 0 Å². The molecule has 1 rings (SSSR count). The molecule has 0 aliphatic rings. The van der Waals surface area contributed by atoms with E-state index in [1.807, 2.05) is 18.5 Å². The monoisotopic (exact) mass is 255 g/mol. The maximum absolute atomic E-state index is 4.11. The molecule has 0 atom stereocenters. The van der Waals surface area contributed by atoms with Crippen molar-refractivity contribution in [2.75, 3.05) is 0 Å². The molecule has 0 saturated heterocycles. The van der Waals surface area contributed by atoms with Gasteiger partial charge >= 0.3 is 78.4 Å². The van der Waals surface area contributed by atoms with Crippen molar-refractivity contribution in [2.24, 2.45) is 0 Å². The van der Waals surface area contributed by atoms with Crippen LogP contribution in [-0.4, -0.2) is 26.1 Å². The van der Waals surface area contributed by atoms with E-state index in [0.29, 0.717) is 0 Å². The number of pyridine rings is 1. The van der Waals surface area contributed by atoms with Gasteiger partial charge in [0.05, 0.1) is 0 Å². The number of rotatable bonds is 4. The van der Waals surface area contributed by atoms with Crippen molar-refractivity contribution in [3.05, 3.63) is 24.5 Å². The molecule has 11 heavy (non-hydrogen) atoms. The molecule has 0 saturated carbocycles. The van der Waals surface area contributed by atoms with Crippen molar-refractivity contribution < 1.29 is 0 Å². The standard InChI is InChI=1S/C5H4N.C4H9.Sn/c1-2-4-6-5-3-1;1-3-4-2;/h1-2,4-5H;1,3-4H2,2H3;. The zero-order valence-electron chi connectivity index (χ0n) is 6.88. The molecule has 58 valence electrons. The molecule has 2 heteroatoms. The van der Waals surface area contributed by atoms with Crippen molar-refractivity contribution in [3.8, 4) is 0 Å². The number of nitrogens with zero attached hydrogens (tertiary/aromatic N) is 1. The predicted octanol–water partition coefficient (Wildman–Crippen LogP) is 1.63. The molecule has 0 amide bonds. The van der Waals surface area contributed by atoms with Crippen LogP contribution in [0.15, 0.2) is 24.5 Å². The van der Waals surface area contributed by atoms with E-state index in [0.717, 1.165) is 0 Å². The van der Waals surface area contributed by atoms with Gasteiger partial charge in [-0.2, -0.15) is 0 Å². The van der Waals surface area contributed by atoms with Crippen LogP contribution < -0.4 is 3.58 Å². The fourth-order valence-electron chi connectivity index (χ4n) is 0.877. The van der Waals surface area contributed by atoms with Crippen LogP contribution in [0.5, 0.6) is 0 Å². The molecule has 0 spiro atoms. The third-order valence-electron chi connectivity index (χ3n) is 1.52. The van der Waals surface area contributed by atoms with Gasteiger partial charge in [-0.05, 0) is 0 Å². The number of hydrogen-bond acceptors (Lipinski definition) is 1. The van der Waals surface area contributed by atoms with E-state index >= 15 is 0 Å². The van der Waals surface area contributed by atoms with E-state index in [1.165, 1.54) is 20.9 Å². The van der Waals surface area contributed by atoms with Crippen molar-refractivity contribution in [1.82, 2.24) is 4.98 Å². The van der Waals surface area contributed by atoms with Crippen LogP contribution in [0.2, 0.25) is 4.44 Å². The quantitative estimate of drug-likeness (QED) is 0.587. The molecular weight excluding hydrogens is 241 g/mol. The first-order valence-corrected chi connectivity index (χ1v) is 7.52. The van der Waals surface area contributed by atoms with Gasteiger partial charge < -0.3 is 0 Å². The second-order valence-corrected chi connectivity index (χ2v) is 6.61. The molecule has 1 aromatic heterocycles. The third kappa shape index (κ3) is 3.75. The summed E-state index contributed by atoms with van der Waals surface area (Å²) in [5.74, 6) is 0. The van der Waals surface area contributed by atoms with Crippen LogP contribution in [0.25, 0.3) is 0 Å². The van der Waals surface area contributed by atoms with Gasteiger partial charge in [-0.25, -0.2) is 0 Å². The van der Waals surface area contributed by atoms with Crippen molar-refractivity contribution >= 4 is 24.7 Å². The SMILES string of the molecule is CCC[CH2][Sn][c]1cccnc1. The summed E-state index contributed by atoms with van der Waals surface area (Å²) in [6.45, 7) is 2.25. The third-order valence-corrected chi connectivity index (χ3v) is 5.25. The molecule has 1 aromatic rings. The number of unbranched alkanes of at least 4 members (excludes halogenated alkanes) is 1. The maximum atomic E-state index is 4.11. The van der Waals surface area contributed by atoms with Crippen LogP contribution in [0.4, 0.5) is 0 Å². The molecule has 0 fully saturated rings. The average Bonchev–Trinajstić information content (AvgIpc) is 2.07. The normalized spacial score (nSPS) is 9.91. The summed E-state index contributed by atoms with van der Waals surface area (Å²) >= 11 is -0.246. The Morgan fingerprint density at radius 3 is 3.09 bits per heavy atom. The summed E-state index contributed by atoms with van der Waals surface area (Å²) in [6, 6.07) is 4.26. The van der Waals surface area contributed by atoms with E-state index in [-0.39, 0.29) is 21.1 Å². The summed E-state index contributed by atoms with van der Waals surface area (Å²) in [7, 11) is 0. The molecule has 2 radical (unpaired) electrons. The molecule has 0 unspecified atom stereocenters. The topological polar surface area (TPSA) is 12.9 Å². The Kier molecular flexibility index (Phi) is 4.59. The van der Waals surface area contributed by atoms with Gasteiger partial charge in [0.1, 0.15) is 0 Å². The van der Waals surface area contributed by atoms with Gasteiger partial charge in [-0.3, -0.25) is 0 Å². The molecule has 0 aromatic carbocycles. The molecule has 0 bridgehead atoms.